The summed E-state index contributed by atoms with van der Waals surface area (Å²) in [7, 11) is 0. The molecule has 0 aliphatic heterocycles. The monoisotopic (exact) mass is 385 g/mol. The number of carboxylic acid groups (broad SMARTS) is 1. The van der Waals surface area contributed by atoms with Gasteiger partial charge in [-0.1, -0.05) is 40.7 Å². The van der Waals surface area contributed by atoms with Crippen LogP contribution in [0.25, 0.3) is 11.1 Å². The summed E-state index contributed by atoms with van der Waals surface area (Å²) >= 11 is 0. The summed E-state index contributed by atoms with van der Waals surface area (Å²) in [5.74, 6) is -1.43. The van der Waals surface area contributed by atoms with Crippen LogP contribution in [0.3, 0.4) is 0 Å². The first-order valence-corrected chi connectivity index (χ1v) is 8.97. The number of nitrogen functional groups attached to an aromatic ring is 1. The lowest BCUT2D eigenvalue weighted by Crippen LogP contribution is -2.51. The van der Waals surface area contributed by atoms with Crippen molar-refractivity contribution in [2.24, 2.45) is 10.8 Å². The molecule has 8 heteroatoms. The standard InChI is InChI=1S/C20H27N5O3/c1-19(2,3)11-20(4,5)15(17(27)28)25-16(26)14-7-6-12(8-22-14)13-9-23-18(21)24-10-13/h6-10,15H,11H2,1-5H3,(H,25,26)(H,27,28)(H2,21,23,24)/t15-/m1/s1. The number of aliphatic carboxylic acids is 1. The van der Waals surface area contributed by atoms with Gasteiger partial charge >= 0.3 is 5.97 Å². The van der Waals surface area contributed by atoms with Gasteiger partial charge in [-0.3, -0.25) is 9.78 Å². The molecule has 8 nitrogen and oxygen atoms in total. The van der Waals surface area contributed by atoms with Crippen LogP contribution >= 0.6 is 0 Å². The third-order valence-electron chi connectivity index (χ3n) is 4.29. The lowest BCUT2D eigenvalue weighted by molar-refractivity contribution is -0.142. The van der Waals surface area contributed by atoms with Gasteiger partial charge in [-0.05, 0) is 23.3 Å². The highest BCUT2D eigenvalue weighted by Crippen LogP contribution is 2.36. The summed E-state index contributed by atoms with van der Waals surface area (Å²) in [5.41, 5.74) is 6.33. The van der Waals surface area contributed by atoms with E-state index in [1.807, 2.05) is 34.6 Å². The zero-order chi connectivity index (χ0) is 21.1. The van der Waals surface area contributed by atoms with E-state index >= 15 is 0 Å². The number of carboxylic acids is 1. The Morgan fingerprint density at radius 1 is 1.04 bits per heavy atom. The number of hydrogen-bond acceptors (Lipinski definition) is 6. The van der Waals surface area contributed by atoms with Crippen LogP contribution in [0.5, 0.6) is 0 Å². The molecule has 0 aromatic carbocycles. The molecule has 2 aromatic rings. The smallest absolute Gasteiger partial charge is 0.326 e. The normalized spacial score (nSPS) is 13.0. The summed E-state index contributed by atoms with van der Waals surface area (Å²) in [6.45, 7) is 9.80. The van der Waals surface area contributed by atoms with Gasteiger partial charge < -0.3 is 16.2 Å². The van der Waals surface area contributed by atoms with Gasteiger partial charge in [-0.2, -0.15) is 0 Å². The van der Waals surface area contributed by atoms with Gasteiger partial charge in [0, 0.05) is 29.7 Å². The molecular formula is C20H27N5O3. The van der Waals surface area contributed by atoms with Crippen LogP contribution in [0.4, 0.5) is 5.95 Å². The molecule has 28 heavy (non-hydrogen) atoms. The summed E-state index contributed by atoms with van der Waals surface area (Å²) in [6.07, 6.45) is 5.27. The molecule has 0 radical (unpaired) electrons. The van der Waals surface area contributed by atoms with E-state index < -0.39 is 23.3 Å². The van der Waals surface area contributed by atoms with E-state index in [0.29, 0.717) is 12.0 Å². The van der Waals surface area contributed by atoms with E-state index in [1.165, 1.54) is 12.3 Å². The largest absolute Gasteiger partial charge is 0.480 e. The van der Waals surface area contributed by atoms with Crippen LogP contribution in [-0.4, -0.2) is 38.0 Å². The maximum absolute atomic E-state index is 12.6. The van der Waals surface area contributed by atoms with Crippen LogP contribution in [-0.2, 0) is 4.79 Å². The summed E-state index contributed by atoms with van der Waals surface area (Å²) in [5, 5.41) is 12.3. The second-order valence-corrected chi connectivity index (χ2v) is 8.73. The molecule has 0 bridgehead atoms. The third-order valence-corrected chi connectivity index (χ3v) is 4.29. The Labute approximate surface area is 164 Å². The lowest BCUT2D eigenvalue weighted by Gasteiger charge is -2.37. The summed E-state index contributed by atoms with van der Waals surface area (Å²) in [4.78, 5) is 36.4. The van der Waals surface area contributed by atoms with Gasteiger partial charge in [-0.15, -0.1) is 0 Å². The Kier molecular flexibility index (Phi) is 6.01. The van der Waals surface area contributed by atoms with Gasteiger partial charge in [0.1, 0.15) is 11.7 Å². The summed E-state index contributed by atoms with van der Waals surface area (Å²) < 4.78 is 0. The van der Waals surface area contributed by atoms with Crippen LogP contribution < -0.4 is 11.1 Å². The van der Waals surface area contributed by atoms with Crippen molar-refractivity contribution in [2.45, 2.75) is 47.1 Å². The minimum Gasteiger partial charge on any atom is -0.480 e. The number of pyridine rings is 1. The molecule has 4 N–H and O–H groups in total. The second kappa shape index (κ2) is 7.92. The highest BCUT2D eigenvalue weighted by molar-refractivity contribution is 5.95. The Balaban J connectivity index is 2.17. The van der Waals surface area contributed by atoms with E-state index in [1.54, 1.807) is 18.5 Å². The number of hydrogen-bond donors (Lipinski definition) is 3. The molecule has 0 saturated carbocycles. The maximum Gasteiger partial charge on any atom is 0.326 e. The van der Waals surface area contributed by atoms with Crippen molar-refractivity contribution in [3.05, 3.63) is 36.4 Å². The zero-order valence-corrected chi connectivity index (χ0v) is 16.9. The van der Waals surface area contributed by atoms with E-state index in [9.17, 15) is 14.7 Å². The van der Waals surface area contributed by atoms with Crippen molar-refractivity contribution in [1.29, 1.82) is 0 Å². The SMILES string of the molecule is CC(C)(C)CC(C)(C)[C@H](NC(=O)c1ccc(-c2cnc(N)nc2)cn1)C(=O)O. The molecule has 2 aromatic heterocycles. The molecule has 0 unspecified atom stereocenters. The first kappa shape index (κ1) is 21.3. The molecule has 0 spiro atoms. The quantitative estimate of drug-likeness (QED) is 0.696. The Morgan fingerprint density at radius 3 is 2.07 bits per heavy atom. The predicted molar refractivity (Wildman–Crippen MR) is 106 cm³/mol. The van der Waals surface area contributed by atoms with E-state index in [4.69, 9.17) is 5.73 Å². The Morgan fingerprint density at radius 2 is 1.61 bits per heavy atom. The van der Waals surface area contributed by atoms with Crippen molar-refractivity contribution < 1.29 is 14.7 Å². The van der Waals surface area contributed by atoms with E-state index in [0.717, 1.165) is 5.56 Å². The van der Waals surface area contributed by atoms with Crippen LogP contribution in [0, 0.1) is 10.8 Å². The molecule has 0 aliphatic rings. The molecule has 0 aliphatic carbocycles. The highest BCUT2D eigenvalue weighted by atomic mass is 16.4. The fourth-order valence-corrected chi connectivity index (χ4v) is 3.45. The fourth-order valence-electron chi connectivity index (χ4n) is 3.45. The first-order chi connectivity index (χ1) is 12.9. The highest BCUT2D eigenvalue weighted by Gasteiger charge is 2.39. The van der Waals surface area contributed by atoms with Crippen molar-refractivity contribution in [3.8, 4) is 11.1 Å². The molecule has 0 fully saturated rings. The number of amides is 1. The van der Waals surface area contributed by atoms with Crippen molar-refractivity contribution >= 4 is 17.8 Å². The predicted octanol–water partition coefficient (Wildman–Crippen LogP) is 2.77. The van der Waals surface area contributed by atoms with Gasteiger partial charge in [-0.25, -0.2) is 14.8 Å². The zero-order valence-electron chi connectivity index (χ0n) is 16.9. The minimum atomic E-state index is -1.07. The molecule has 1 atom stereocenters. The van der Waals surface area contributed by atoms with Crippen LogP contribution in [0.15, 0.2) is 30.7 Å². The average molecular weight is 385 g/mol. The lowest BCUT2D eigenvalue weighted by atomic mass is 9.72. The van der Waals surface area contributed by atoms with Crippen LogP contribution in [0.2, 0.25) is 0 Å². The van der Waals surface area contributed by atoms with Crippen molar-refractivity contribution in [2.75, 3.05) is 5.73 Å². The third kappa shape index (κ3) is 5.48. The van der Waals surface area contributed by atoms with E-state index in [-0.39, 0.29) is 17.1 Å². The number of aromatic nitrogens is 3. The fraction of sp³-hybridized carbons (Fsp3) is 0.450. The Bertz CT molecular complexity index is 840. The molecule has 0 saturated heterocycles. The number of carbonyl (C=O) groups excluding carboxylic acids is 1. The number of nitrogens with one attached hydrogen (secondary N) is 1. The van der Waals surface area contributed by atoms with Gasteiger partial charge in [0.25, 0.3) is 5.91 Å². The number of nitrogens with two attached hydrogens (primary N) is 1. The van der Waals surface area contributed by atoms with Crippen LogP contribution in [0.1, 0.15) is 51.5 Å². The molecule has 2 rings (SSSR count). The number of rotatable bonds is 6. The number of nitrogens with zero attached hydrogens (tertiary/aromatic N) is 3. The van der Waals surface area contributed by atoms with Gasteiger partial charge in [0.05, 0.1) is 0 Å². The molecule has 150 valence electrons. The molecular weight excluding hydrogens is 358 g/mol. The Hall–Kier alpha value is -3.03. The first-order valence-electron chi connectivity index (χ1n) is 8.97. The summed E-state index contributed by atoms with van der Waals surface area (Å²) in [6, 6.07) is 2.20. The second-order valence-electron chi connectivity index (χ2n) is 8.73. The number of carbonyl (C=O) groups is 2. The topological polar surface area (TPSA) is 131 Å². The van der Waals surface area contributed by atoms with Crippen molar-refractivity contribution in [1.82, 2.24) is 20.3 Å². The van der Waals surface area contributed by atoms with E-state index in [2.05, 4.69) is 20.3 Å². The molecule has 1 amide bonds. The van der Waals surface area contributed by atoms with Gasteiger partial charge in [0.2, 0.25) is 5.95 Å². The average Bonchev–Trinajstić information content (AvgIpc) is 2.57. The number of anilines is 1. The maximum atomic E-state index is 12.6. The van der Waals surface area contributed by atoms with Gasteiger partial charge in [0.15, 0.2) is 0 Å². The van der Waals surface area contributed by atoms with Crippen molar-refractivity contribution in [3.63, 3.8) is 0 Å². The molecule has 2 heterocycles. The minimum absolute atomic E-state index is 0.0804.